The predicted octanol–water partition coefficient (Wildman–Crippen LogP) is 2.84. The fourth-order valence-corrected chi connectivity index (χ4v) is 1.95. The summed E-state index contributed by atoms with van der Waals surface area (Å²) >= 11 is 0. The highest BCUT2D eigenvalue weighted by Gasteiger charge is 2.18. The van der Waals surface area contributed by atoms with Crippen LogP contribution >= 0.6 is 0 Å². The molecule has 0 saturated carbocycles. The van der Waals surface area contributed by atoms with Crippen molar-refractivity contribution in [3.05, 3.63) is 69.1 Å². The Morgan fingerprint density at radius 2 is 1.86 bits per heavy atom. The number of fused-ring (bicyclic) bond motifs is 1. The zero-order chi connectivity index (χ0) is 14.8. The Balaban J connectivity index is 2.12. The fraction of sp³-hybridized carbons (Fsp3) is 0. The second-order valence-electron chi connectivity index (χ2n) is 4.23. The third kappa shape index (κ3) is 2.44. The number of nitro benzene ring substituents is 1. The average molecular weight is 283 g/mol. The summed E-state index contributed by atoms with van der Waals surface area (Å²) in [4.78, 5) is 26.3. The quantitative estimate of drug-likeness (QED) is 0.586. The lowest BCUT2D eigenvalue weighted by atomic mass is 10.2. The molecule has 3 aromatic rings. The van der Waals surface area contributed by atoms with E-state index in [1.54, 1.807) is 12.1 Å². The number of nitro groups is 1. The number of nitrogens with one attached hydrogen (secondary N) is 1. The molecule has 7 heteroatoms. The first kappa shape index (κ1) is 12.8. The topological polar surface area (TPSA) is 98.3 Å². The molecule has 1 N–H and O–H groups in total. The minimum absolute atomic E-state index is 0.0146. The summed E-state index contributed by atoms with van der Waals surface area (Å²) in [6.07, 6.45) is 0. The molecule has 21 heavy (non-hydrogen) atoms. The van der Waals surface area contributed by atoms with Crippen LogP contribution in [0.2, 0.25) is 0 Å². The molecular formula is C14H9N3O4. The van der Waals surface area contributed by atoms with Gasteiger partial charge in [-0.25, -0.2) is 4.79 Å². The van der Waals surface area contributed by atoms with Gasteiger partial charge in [-0.05, 0) is 18.2 Å². The SMILES string of the molecule is O=c1oc(Nc2ccccc2)nc2cccc([N+](=O)[O-])c12. The molecule has 0 amide bonds. The first-order valence-electron chi connectivity index (χ1n) is 6.05. The number of rotatable bonds is 3. The van der Waals surface area contributed by atoms with Crippen molar-refractivity contribution in [2.24, 2.45) is 0 Å². The molecule has 1 aromatic heterocycles. The van der Waals surface area contributed by atoms with Crippen molar-refractivity contribution in [2.45, 2.75) is 0 Å². The Kier molecular flexibility index (Phi) is 3.07. The van der Waals surface area contributed by atoms with Gasteiger partial charge in [0.15, 0.2) is 5.39 Å². The van der Waals surface area contributed by atoms with Crippen LogP contribution in [-0.4, -0.2) is 9.91 Å². The second-order valence-corrected chi connectivity index (χ2v) is 4.23. The minimum Gasteiger partial charge on any atom is -0.388 e. The van der Waals surface area contributed by atoms with Crippen LogP contribution in [0.5, 0.6) is 0 Å². The van der Waals surface area contributed by atoms with Crippen LogP contribution in [0.15, 0.2) is 57.7 Å². The lowest BCUT2D eigenvalue weighted by molar-refractivity contribution is -0.383. The van der Waals surface area contributed by atoms with E-state index in [4.69, 9.17) is 4.42 Å². The van der Waals surface area contributed by atoms with Crippen LogP contribution in [0.25, 0.3) is 10.9 Å². The molecule has 1 heterocycles. The van der Waals surface area contributed by atoms with Gasteiger partial charge < -0.3 is 9.73 Å². The lowest BCUT2D eigenvalue weighted by Gasteiger charge is -2.04. The van der Waals surface area contributed by atoms with E-state index in [1.165, 1.54) is 18.2 Å². The monoisotopic (exact) mass is 283 g/mol. The normalized spacial score (nSPS) is 10.5. The highest BCUT2D eigenvalue weighted by Crippen LogP contribution is 2.22. The van der Waals surface area contributed by atoms with Crippen molar-refractivity contribution < 1.29 is 9.34 Å². The van der Waals surface area contributed by atoms with Crippen molar-refractivity contribution in [1.82, 2.24) is 4.98 Å². The molecule has 0 atom stereocenters. The summed E-state index contributed by atoms with van der Waals surface area (Å²) in [7, 11) is 0. The van der Waals surface area contributed by atoms with Gasteiger partial charge >= 0.3 is 11.6 Å². The molecule has 2 aromatic carbocycles. The van der Waals surface area contributed by atoms with Gasteiger partial charge in [0.05, 0.1) is 10.4 Å². The van der Waals surface area contributed by atoms with Gasteiger partial charge in [0.25, 0.3) is 5.69 Å². The minimum atomic E-state index is -0.800. The molecule has 0 aliphatic rings. The Morgan fingerprint density at radius 1 is 1.10 bits per heavy atom. The molecule has 0 aliphatic carbocycles. The number of non-ortho nitro benzene ring substituents is 1. The van der Waals surface area contributed by atoms with E-state index in [0.717, 1.165) is 0 Å². The van der Waals surface area contributed by atoms with Crippen LogP contribution in [0, 0.1) is 10.1 Å². The number of hydrogen-bond acceptors (Lipinski definition) is 6. The van der Waals surface area contributed by atoms with Gasteiger partial charge in [-0.2, -0.15) is 4.98 Å². The van der Waals surface area contributed by atoms with Gasteiger partial charge in [0.1, 0.15) is 0 Å². The highest BCUT2D eigenvalue weighted by atomic mass is 16.6. The third-order valence-corrected chi connectivity index (χ3v) is 2.86. The Labute approximate surface area is 118 Å². The summed E-state index contributed by atoms with van der Waals surface area (Å²) in [5.41, 5.74) is -0.220. The first-order valence-corrected chi connectivity index (χ1v) is 6.05. The van der Waals surface area contributed by atoms with Gasteiger partial charge in [-0.15, -0.1) is 0 Å². The number of para-hydroxylation sites is 1. The molecule has 104 valence electrons. The summed E-state index contributed by atoms with van der Waals surface area (Å²) < 4.78 is 5.00. The molecule has 0 fully saturated rings. The van der Waals surface area contributed by atoms with E-state index in [2.05, 4.69) is 10.3 Å². The van der Waals surface area contributed by atoms with Crippen LogP contribution < -0.4 is 10.9 Å². The summed E-state index contributed by atoms with van der Waals surface area (Å²) in [6.45, 7) is 0. The Hall–Kier alpha value is -3.22. The predicted molar refractivity (Wildman–Crippen MR) is 76.7 cm³/mol. The highest BCUT2D eigenvalue weighted by molar-refractivity contribution is 5.87. The number of benzene rings is 2. The van der Waals surface area contributed by atoms with Gasteiger partial charge in [0, 0.05) is 11.8 Å². The smallest absolute Gasteiger partial charge is 0.355 e. The van der Waals surface area contributed by atoms with Gasteiger partial charge in [-0.3, -0.25) is 10.1 Å². The van der Waals surface area contributed by atoms with Crippen molar-refractivity contribution in [3.63, 3.8) is 0 Å². The molecule has 0 spiro atoms. The van der Waals surface area contributed by atoms with Crippen molar-refractivity contribution in [1.29, 1.82) is 0 Å². The zero-order valence-electron chi connectivity index (χ0n) is 10.6. The van der Waals surface area contributed by atoms with Crippen molar-refractivity contribution in [2.75, 3.05) is 5.32 Å². The van der Waals surface area contributed by atoms with Gasteiger partial charge in [-0.1, -0.05) is 24.3 Å². The number of anilines is 2. The van der Waals surface area contributed by atoms with Gasteiger partial charge in [0.2, 0.25) is 0 Å². The summed E-state index contributed by atoms with van der Waals surface area (Å²) in [5, 5.41) is 13.6. The molecule has 0 saturated heterocycles. The standard InChI is InChI=1S/C14H9N3O4/c18-13-12-10(7-4-8-11(12)17(19)20)16-14(21-13)15-9-5-2-1-3-6-9/h1-8H,(H,15,16). The molecule has 0 radical (unpaired) electrons. The maximum atomic E-state index is 12.0. The number of nitrogens with zero attached hydrogens (tertiary/aromatic N) is 2. The van der Waals surface area contributed by atoms with Crippen LogP contribution in [0.4, 0.5) is 17.4 Å². The number of hydrogen-bond donors (Lipinski definition) is 1. The van der Waals surface area contributed by atoms with Crippen LogP contribution in [-0.2, 0) is 0 Å². The van der Waals surface area contributed by atoms with E-state index in [1.807, 2.05) is 18.2 Å². The van der Waals surface area contributed by atoms with Crippen molar-refractivity contribution in [3.8, 4) is 0 Å². The largest absolute Gasteiger partial charge is 0.388 e. The summed E-state index contributed by atoms with van der Waals surface area (Å²) in [6, 6.07) is 13.2. The van der Waals surface area contributed by atoms with Crippen LogP contribution in [0.1, 0.15) is 0 Å². The fourth-order valence-electron chi connectivity index (χ4n) is 1.95. The van der Waals surface area contributed by atoms with E-state index in [-0.39, 0.29) is 22.6 Å². The second kappa shape index (κ2) is 5.04. The van der Waals surface area contributed by atoms with Crippen LogP contribution in [0.3, 0.4) is 0 Å². The van der Waals surface area contributed by atoms with Crippen molar-refractivity contribution >= 4 is 28.3 Å². The Bertz CT molecular complexity index is 874. The summed E-state index contributed by atoms with van der Waals surface area (Å²) in [5.74, 6) is 0. The molecule has 0 bridgehead atoms. The van der Waals surface area contributed by atoms with E-state index < -0.39 is 10.5 Å². The van der Waals surface area contributed by atoms with E-state index >= 15 is 0 Å². The van der Waals surface area contributed by atoms with E-state index in [9.17, 15) is 14.9 Å². The first-order chi connectivity index (χ1) is 10.1. The maximum absolute atomic E-state index is 12.0. The Morgan fingerprint density at radius 3 is 2.57 bits per heavy atom. The molecule has 0 aliphatic heterocycles. The lowest BCUT2D eigenvalue weighted by Crippen LogP contribution is -2.07. The zero-order valence-corrected chi connectivity index (χ0v) is 10.6. The molecule has 7 nitrogen and oxygen atoms in total. The van der Waals surface area contributed by atoms with E-state index in [0.29, 0.717) is 5.69 Å². The maximum Gasteiger partial charge on any atom is 0.355 e. The third-order valence-electron chi connectivity index (χ3n) is 2.86. The molecule has 0 unspecified atom stereocenters. The number of aromatic nitrogens is 1. The molecule has 3 rings (SSSR count). The molecular weight excluding hydrogens is 274 g/mol. The average Bonchev–Trinajstić information content (AvgIpc) is 2.47.